The lowest BCUT2D eigenvalue weighted by Crippen LogP contribution is -2.50. The van der Waals surface area contributed by atoms with Crippen LogP contribution in [0.5, 0.6) is 0 Å². The second kappa shape index (κ2) is 5.83. The number of nitrogens with two attached hydrogens (primary N) is 1. The molecule has 2 fully saturated rings. The van der Waals surface area contributed by atoms with E-state index in [1.165, 1.54) is 12.8 Å². The molecular formula is C13H25N3O. The van der Waals surface area contributed by atoms with Gasteiger partial charge in [0.15, 0.2) is 0 Å². The Kier molecular flexibility index (Phi) is 4.40. The molecule has 0 saturated carbocycles. The van der Waals surface area contributed by atoms with Crippen molar-refractivity contribution in [2.24, 2.45) is 5.73 Å². The van der Waals surface area contributed by atoms with Gasteiger partial charge < -0.3 is 10.6 Å². The van der Waals surface area contributed by atoms with E-state index in [9.17, 15) is 4.79 Å². The quantitative estimate of drug-likeness (QED) is 0.793. The molecule has 2 heterocycles. The lowest BCUT2D eigenvalue weighted by atomic mass is 10.0. The van der Waals surface area contributed by atoms with E-state index in [1.54, 1.807) is 0 Å². The monoisotopic (exact) mass is 239 g/mol. The summed E-state index contributed by atoms with van der Waals surface area (Å²) in [4.78, 5) is 16.8. The highest BCUT2D eigenvalue weighted by Gasteiger charge is 2.33. The molecule has 2 rings (SSSR count). The van der Waals surface area contributed by atoms with Gasteiger partial charge in [-0.2, -0.15) is 0 Å². The number of rotatable bonds is 3. The minimum atomic E-state index is 0.133. The summed E-state index contributed by atoms with van der Waals surface area (Å²) < 4.78 is 0. The number of hydrogen-bond donors (Lipinski definition) is 1. The van der Waals surface area contributed by atoms with Crippen LogP contribution in [0.3, 0.4) is 0 Å². The number of carbonyl (C=O) groups excluding carboxylic acids is 1. The van der Waals surface area contributed by atoms with Gasteiger partial charge in [-0.1, -0.05) is 13.3 Å². The highest BCUT2D eigenvalue weighted by molar-refractivity contribution is 5.82. The predicted molar refractivity (Wildman–Crippen MR) is 68.7 cm³/mol. The fourth-order valence-electron chi connectivity index (χ4n) is 3.02. The van der Waals surface area contributed by atoms with Gasteiger partial charge in [0.25, 0.3) is 0 Å². The molecule has 0 aromatic carbocycles. The first kappa shape index (κ1) is 12.8. The number of amides is 1. The number of piperidine rings is 1. The topological polar surface area (TPSA) is 49.6 Å². The van der Waals surface area contributed by atoms with Gasteiger partial charge in [0.1, 0.15) is 0 Å². The van der Waals surface area contributed by atoms with Crippen LogP contribution >= 0.6 is 0 Å². The number of nitrogens with zero attached hydrogens (tertiary/aromatic N) is 2. The molecule has 1 amide bonds. The van der Waals surface area contributed by atoms with Gasteiger partial charge in [0.05, 0.1) is 6.04 Å². The van der Waals surface area contributed by atoms with Crippen molar-refractivity contribution in [3.63, 3.8) is 0 Å². The molecule has 2 aliphatic heterocycles. The van der Waals surface area contributed by atoms with Crippen molar-refractivity contribution in [3.8, 4) is 0 Å². The van der Waals surface area contributed by atoms with Gasteiger partial charge in [0, 0.05) is 19.1 Å². The van der Waals surface area contributed by atoms with E-state index < -0.39 is 0 Å². The van der Waals surface area contributed by atoms with Gasteiger partial charge in [-0.15, -0.1) is 0 Å². The first-order valence-corrected chi connectivity index (χ1v) is 7.00. The van der Waals surface area contributed by atoms with E-state index in [2.05, 4.69) is 11.8 Å². The van der Waals surface area contributed by atoms with Crippen molar-refractivity contribution in [2.45, 2.75) is 51.1 Å². The van der Waals surface area contributed by atoms with Crippen molar-refractivity contribution >= 4 is 5.91 Å². The molecule has 0 aliphatic carbocycles. The summed E-state index contributed by atoms with van der Waals surface area (Å²) in [6.07, 6.45) is 5.56. The Hall–Kier alpha value is -0.610. The molecule has 2 saturated heterocycles. The predicted octanol–water partition coefficient (Wildman–Crippen LogP) is 0.811. The van der Waals surface area contributed by atoms with Crippen LogP contribution in [0, 0.1) is 0 Å². The van der Waals surface area contributed by atoms with E-state index >= 15 is 0 Å². The Morgan fingerprint density at radius 3 is 2.76 bits per heavy atom. The highest BCUT2D eigenvalue weighted by atomic mass is 16.2. The highest BCUT2D eigenvalue weighted by Crippen LogP contribution is 2.21. The Bertz CT molecular complexity index is 267. The Labute approximate surface area is 104 Å². The summed E-state index contributed by atoms with van der Waals surface area (Å²) in [6.45, 7) is 5.94. The molecule has 0 spiro atoms. The Balaban J connectivity index is 1.95. The number of hydrogen-bond acceptors (Lipinski definition) is 3. The van der Waals surface area contributed by atoms with E-state index in [4.69, 9.17) is 5.73 Å². The molecule has 0 bridgehead atoms. The van der Waals surface area contributed by atoms with Crippen LogP contribution in [0.1, 0.15) is 39.0 Å². The van der Waals surface area contributed by atoms with Crippen molar-refractivity contribution in [1.29, 1.82) is 0 Å². The molecule has 0 radical (unpaired) electrons. The molecule has 0 aromatic heterocycles. The van der Waals surface area contributed by atoms with Crippen molar-refractivity contribution < 1.29 is 4.79 Å². The van der Waals surface area contributed by atoms with E-state index in [0.717, 1.165) is 45.4 Å². The molecule has 0 unspecified atom stereocenters. The zero-order valence-corrected chi connectivity index (χ0v) is 10.9. The molecule has 98 valence electrons. The first-order chi connectivity index (χ1) is 8.22. The van der Waals surface area contributed by atoms with Gasteiger partial charge >= 0.3 is 0 Å². The van der Waals surface area contributed by atoms with Gasteiger partial charge in [-0.25, -0.2) is 0 Å². The molecule has 17 heavy (non-hydrogen) atoms. The average molecular weight is 239 g/mol. The van der Waals surface area contributed by atoms with Gasteiger partial charge in [-0.3, -0.25) is 9.69 Å². The van der Waals surface area contributed by atoms with Crippen LogP contribution in [-0.4, -0.2) is 54.0 Å². The molecule has 4 nitrogen and oxygen atoms in total. The SMILES string of the molecule is CCCN1CCCC[C@@H]1C(=O)N1CC[C@@H](N)C1. The maximum atomic E-state index is 12.5. The third-order valence-electron chi connectivity index (χ3n) is 3.95. The molecule has 0 aromatic rings. The smallest absolute Gasteiger partial charge is 0.239 e. The number of carbonyl (C=O) groups is 1. The van der Waals surface area contributed by atoms with Crippen LogP contribution in [0.2, 0.25) is 0 Å². The largest absolute Gasteiger partial charge is 0.340 e. The maximum absolute atomic E-state index is 12.5. The Morgan fingerprint density at radius 1 is 1.29 bits per heavy atom. The lowest BCUT2D eigenvalue weighted by Gasteiger charge is -2.36. The third-order valence-corrected chi connectivity index (χ3v) is 3.95. The summed E-state index contributed by atoms with van der Waals surface area (Å²) in [5.74, 6) is 0.325. The number of likely N-dealkylation sites (tertiary alicyclic amines) is 2. The zero-order valence-electron chi connectivity index (χ0n) is 10.9. The summed E-state index contributed by atoms with van der Waals surface area (Å²) in [5, 5.41) is 0. The van der Waals surface area contributed by atoms with Crippen LogP contribution in [0.15, 0.2) is 0 Å². The molecule has 2 aliphatic rings. The minimum absolute atomic E-state index is 0.133. The average Bonchev–Trinajstić information content (AvgIpc) is 2.76. The summed E-state index contributed by atoms with van der Waals surface area (Å²) in [5.41, 5.74) is 5.88. The molecular weight excluding hydrogens is 214 g/mol. The van der Waals surface area contributed by atoms with Gasteiger partial charge in [0.2, 0.25) is 5.91 Å². The second-order valence-corrected chi connectivity index (χ2v) is 5.38. The van der Waals surface area contributed by atoms with Crippen LogP contribution in [0.4, 0.5) is 0 Å². The van der Waals surface area contributed by atoms with Crippen molar-refractivity contribution in [3.05, 3.63) is 0 Å². The molecule has 2 atom stereocenters. The molecule has 2 N–H and O–H groups in total. The Morgan fingerprint density at radius 2 is 2.12 bits per heavy atom. The lowest BCUT2D eigenvalue weighted by molar-refractivity contribution is -0.137. The zero-order chi connectivity index (χ0) is 12.3. The maximum Gasteiger partial charge on any atom is 0.239 e. The normalized spacial score (nSPS) is 30.8. The fourth-order valence-corrected chi connectivity index (χ4v) is 3.02. The van der Waals surface area contributed by atoms with Crippen LogP contribution in [0.25, 0.3) is 0 Å². The summed E-state index contributed by atoms with van der Waals surface area (Å²) >= 11 is 0. The van der Waals surface area contributed by atoms with Crippen molar-refractivity contribution in [1.82, 2.24) is 9.80 Å². The standard InChI is InChI=1S/C13H25N3O/c1-2-7-15-8-4-3-5-12(15)13(17)16-9-6-11(14)10-16/h11-12H,2-10,14H2,1H3/t11-,12-/m1/s1. The second-order valence-electron chi connectivity index (χ2n) is 5.38. The van der Waals surface area contributed by atoms with Crippen molar-refractivity contribution in [2.75, 3.05) is 26.2 Å². The van der Waals surface area contributed by atoms with E-state index in [1.807, 2.05) is 4.90 Å². The first-order valence-electron chi connectivity index (χ1n) is 7.00. The van der Waals surface area contributed by atoms with E-state index in [0.29, 0.717) is 5.91 Å². The third kappa shape index (κ3) is 2.99. The summed E-state index contributed by atoms with van der Waals surface area (Å²) in [7, 11) is 0. The van der Waals surface area contributed by atoms with Crippen LogP contribution < -0.4 is 5.73 Å². The van der Waals surface area contributed by atoms with E-state index in [-0.39, 0.29) is 12.1 Å². The summed E-state index contributed by atoms with van der Waals surface area (Å²) in [6, 6.07) is 0.330. The van der Waals surface area contributed by atoms with Gasteiger partial charge in [-0.05, 0) is 38.8 Å². The molecule has 4 heteroatoms. The fraction of sp³-hybridized carbons (Fsp3) is 0.923. The minimum Gasteiger partial charge on any atom is -0.340 e. The van der Waals surface area contributed by atoms with Crippen LogP contribution in [-0.2, 0) is 4.79 Å².